The average molecular weight is 341 g/mol. The smallest absolute Gasteiger partial charge is 0.343 e. The second kappa shape index (κ2) is 7.21. The van der Waals surface area contributed by atoms with Crippen LogP contribution in [0.25, 0.3) is 10.9 Å². The molecule has 0 spiro atoms. The molecule has 0 radical (unpaired) electrons. The molecule has 0 aliphatic carbocycles. The van der Waals surface area contributed by atoms with Crippen LogP contribution < -0.4 is 5.43 Å². The molecule has 1 atom stereocenters. The van der Waals surface area contributed by atoms with Crippen LogP contribution in [0.2, 0.25) is 0 Å². The number of hydrogen-bond donors (Lipinski definition) is 0. The summed E-state index contributed by atoms with van der Waals surface area (Å²) in [7, 11) is 0. The summed E-state index contributed by atoms with van der Waals surface area (Å²) in [5, 5.41) is 0.577. The molecule has 132 valence electrons. The molecule has 25 heavy (non-hydrogen) atoms. The van der Waals surface area contributed by atoms with Crippen LogP contribution in [0.5, 0.6) is 0 Å². The van der Waals surface area contributed by atoms with Gasteiger partial charge >= 0.3 is 5.97 Å². The summed E-state index contributed by atoms with van der Waals surface area (Å²) in [4.78, 5) is 25.0. The van der Waals surface area contributed by atoms with Gasteiger partial charge in [-0.05, 0) is 32.4 Å². The molecule has 1 aliphatic heterocycles. The van der Waals surface area contributed by atoms with Crippen LogP contribution in [0, 0.1) is 12.8 Å². The third-order valence-electron chi connectivity index (χ3n) is 4.79. The van der Waals surface area contributed by atoms with Crippen molar-refractivity contribution in [1.29, 1.82) is 0 Å². The van der Waals surface area contributed by atoms with Crippen molar-refractivity contribution >= 4 is 23.6 Å². The van der Waals surface area contributed by atoms with Crippen LogP contribution >= 0.6 is 0 Å². The number of hydrogen-bond acceptors (Lipinski definition) is 3. The number of carbonyl (C=O) groups is 1. The Bertz CT molecular complexity index is 882. The summed E-state index contributed by atoms with van der Waals surface area (Å²) in [5.74, 6) is -0.0969. The third kappa shape index (κ3) is 3.65. The van der Waals surface area contributed by atoms with E-state index in [1.54, 1.807) is 13.1 Å². The number of nitrogens with zero attached hydrogens (tertiary/aromatic N) is 2. The first-order valence-corrected chi connectivity index (χ1v) is 8.86. The van der Waals surface area contributed by atoms with Crippen molar-refractivity contribution in [2.24, 2.45) is 5.92 Å². The maximum Gasteiger partial charge on any atom is 0.343 e. The number of rotatable bonds is 4. The summed E-state index contributed by atoms with van der Waals surface area (Å²) >= 11 is 0. The maximum absolute atomic E-state index is 12.8. The molecule has 2 aromatic rings. The highest BCUT2D eigenvalue weighted by atomic mass is 16.5. The van der Waals surface area contributed by atoms with Crippen molar-refractivity contribution in [1.82, 2.24) is 4.57 Å². The molecule has 1 aliphatic rings. The standard InChI is InChI=1S/C20H25N2O3/c1-4-25-20(24)17-13-22(12-15-6-5-9-21(3)11-15)18-8-7-14(2)10-16(18)19(17)23/h7-8,10,13,15H,3-6,9,11-12H2,1-2H3/q+1. The zero-order valence-electron chi connectivity index (χ0n) is 15.0. The SMILES string of the molecule is C=[N+]1CCCC(Cn2cc(C(=O)OCC)c(=O)c3cc(C)ccc32)C1. The predicted molar refractivity (Wildman–Crippen MR) is 98.7 cm³/mol. The van der Waals surface area contributed by atoms with Gasteiger partial charge in [0.25, 0.3) is 0 Å². The lowest BCUT2D eigenvalue weighted by Gasteiger charge is -2.22. The number of pyridine rings is 1. The van der Waals surface area contributed by atoms with Crippen LogP contribution in [0.1, 0.15) is 35.7 Å². The van der Waals surface area contributed by atoms with Crippen molar-refractivity contribution in [3.8, 4) is 0 Å². The maximum atomic E-state index is 12.8. The Balaban J connectivity index is 2.09. The molecule has 2 heterocycles. The van der Waals surface area contributed by atoms with Gasteiger partial charge in [0, 0.05) is 30.5 Å². The fourth-order valence-corrected chi connectivity index (χ4v) is 3.60. The lowest BCUT2D eigenvalue weighted by molar-refractivity contribution is -0.538. The summed E-state index contributed by atoms with van der Waals surface area (Å²) < 4.78 is 9.21. The Kier molecular flexibility index (Phi) is 5.02. The number of aryl methyl sites for hydroxylation is 1. The number of fused-ring (bicyclic) bond motifs is 1. The van der Waals surface area contributed by atoms with Crippen molar-refractivity contribution in [2.75, 3.05) is 19.7 Å². The Morgan fingerprint density at radius 2 is 2.24 bits per heavy atom. The van der Waals surface area contributed by atoms with Crippen LogP contribution in [0.4, 0.5) is 0 Å². The first-order chi connectivity index (χ1) is 12.0. The number of carbonyl (C=O) groups excluding carboxylic acids is 1. The summed E-state index contributed by atoms with van der Waals surface area (Å²) in [6.07, 6.45) is 3.91. The van der Waals surface area contributed by atoms with Gasteiger partial charge in [-0.2, -0.15) is 0 Å². The van der Waals surface area contributed by atoms with E-state index in [0.29, 0.717) is 11.3 Å². The molecule has 3 rings (SSSR count). The van der Waals surface area contributed by atoms with E-state index in [1.807, 2.05) is 29.7 Å². The van der Waals surface area contributed by atoms with E-state index in [4.69, 9.17) is 4.74 Å². The first-order valence-electron chi connectivity index (χ1n) is 8.86. The van der Waals surface area contributed by atoms with Gasteiger partial charge in [0.2, 0.25) is 5.43 Å². The summed E-state index contributed by atoms with van der Waals surface area (Å²) in [5.41, 5.74) is 1.72. The van der Waals surface area contributed by atoms with Crippen molar-refractivity contribution < 1.29 is 14.1 Å². The second-order valence-electron chi connectivity index (χ2n) is 6.85. The normalized spacial score (nSPS) is 17.7. The van der Waals surface area contributed by atoms with Crippen LogP contribution in [-0.4, -0.2) is 41.5 Å². The van der Waals surface area contributed by atoms with Crippen LogP contribution in [0.3, 0.4) is 0 Å². The highest BCUT2D eigenvalue weighted by Gasteiger charge is 2.23. The largest absolute Gasteiger partial charge is 0.462 e. The molecular weight excluding hydrogens is 316 g/mol. The zero-order chi connectivity index (χ0) is 18.0. The van der Waals surface area contributed by atoms with Gasteiger partial charge in [-0.25, -0.2) is 9.37 Å². The monoisotopic (exact) mass is 341 g/mol. The minimum atomic E-state index is -0.549. The Morgan fingerprint density at radius 1 is 1.44 bits per heavy atom. The molecule has 1 saturated heterocycles. The highest BCUT2D eigenvalue weighted by Crippen LogP contribution is 2.20. The molecule has 0 N–H and O–H groups in total. The second-order valence-corrected chi connectivity index (χ2v) is 6.85. The Labute approximate surface area is 147 Å². The van der Waals surface area contributed by atoms with E-state index in [0.717, 1.165) is 43.6 Å². The molecule has 5 nitrogen and oxygen atoms in total. The highest BCUT2D eigenvalue weighted by molar-refractivity contribution is 5.93. The van der Waals surface area contributed by atoms with Crippen molar-refractivity contribution in [2.45, 2.75) is 33.2 Å². The van der Waals surface area contributed by atoms with Crippen molar-refractivity contribution in [3.63, 3.8) is 0 Å². The molecule has 1 aromatic heterocycles. The first kappa shape index (κ1) is 17.4. The van der Waals surface area contributed by atoms with E-state index in [1.165, 1.54) is 0 Å². The molecule has 0 amide bonds. The van der Waals surface area contributed by atoms with Crippen molar-refractivity contribution in [3.05, 3.63) is 45.7 Å². The Morgan fingerprint density at radius 3 is 2.96 bits per heavy atom. The molecule has 1 fully saturated rings. The lowest BCUT2D eigenvalue weighted by Crippen LogP contribution is -2.30. The minimum absolute atomic E-state index is 0.113. The van der Waals surface area contributed by atoms with Gasteiger partial charge in [0.05, 0.1) is 12.1 Å². The average Bonchev–Trinajstić information content (AvgIpc) is 2.57. The van der Waals surface area contributed by atoms with Gasteiger partial charge in [0.1, 0.15) is 25.4 Å². The molecular formula is C20H25N2O3+. The lowest BCUT2D eigenvalue weighted by atomic mass is 9.98. The minimum Gasteiger partial charge on any atom is -0.462 e. The molecule has 1 aromatic carbocycles. The topological polar surface area (TPSA) is 51.3 Å². The number of piperidine rings is 1. The molecule has 5 heteroatoms. The fourth-order valence-electron chi connectivity index (χ4n) is 3.60. The van der Waals surface area contributed by atoms with E-state index >= 15 is 0 Å². The molecule has 1 unspecified atom stereocenters. The van der Waals surface area contributed by atoms with Gasteiger partial charge in [-0.3, -0.25) is 4.79 Å². The van der Waals surface area contributed by atoms with Gasteiger partial charge in [0.15, 0.2) is 0 Å². The van der Waals surface area contributed by atoms with E-state index in [2.05, 4.69) is 11.3 Å². The van der Waals surface area contributed by atoms with Gasteiger partial charge < -0.3 is 9.30 Å². The van der Waals surface area contributed by atoms with Crippen LogP contribution in [0.15, 0.2) is 29.2 Å². The fraction of sp³-hybridized carbons (Fsp3) is 0.450. The quantitative estimate of drug-likeness (QED) is 0.634. The predicted octanol–water partition coefficient (Wildman–Crippen LogP) is 2.61. The number of esters is 1. The van der Waals surface area contributed by atoms with Gasteiger partial charge in [-0.1, -0.05) is 11.6 Å². The van der Waals surface area contributed by atoms with Gasteiger partial charge in [-0.15, -0.1) is 0 Å². The summed E-state index contributed by atoms with van der Waals surface area (Å²) in [6, 6.07) is 5.81. The van der Waals surface area contributed by atoms with E-state index in [9.17, 15) is 9.59 Å². The van der Waals surface area contributed by atoms with Crippen LogP contribution in [-0.2, 0) is 11.3 Å². The number of ether oxygens (including phenoxy) is 1. The van der Waals surface area contributed by atoms with E-state index in [-0.39, 0.29) is 17.6 Å². The number of aromatic nitrogens is 1. The summed E-state index contributed by atoms with van der Waals surface area (Å²) in [6.45, 7) is 10.7. The molecule has 0 bridgehead atoms. The molecule has 0 saturated carbocycles. The third-order valence-corrected chi connectivity index (χ3v) is 4.79. The number of benzene rings is 1. The zero-order valence-corrected chi connectivity index (χ0v) is 15.0. The van der Waals surface area contributed by atoms with E-state index < -0.39 is 5.97 Å². The Hall–Kier alpha value is -2.43.